The van der Waals surface area contributed by atoms with Crippen molar-refractivity contribution in [1.82, 2.24) is 0 Å². The van der Waals surface area contributed by atoms with Crippen LogP contribution in [0, 0.1) is 17.3 Å². The Bertz CT molecular complexity index is 759. The Morgan fingerprint density at radius 3 is 2.48 bits per heavy atom. The zero-order valence-corrected chi connectivity index (χ0v) is 21.4. The maximum Gasteiger partial charge on any atom is 0.192 e. The minimum absolute atomic E-state index is 0.106. The summed E-state index contributed by atoms with van der Waals surface area (Å²) in [5.41, 5.74) is 4.59. The van der Waals surface area contributed by atoms with Crippen molar-refractivity contribution in [3.8, 4) is 11.8 Å². The van der Waals surface area contributed by atoms with Crippen molar-refractivity contribution in [2.45, 2.75) is 92.5 Å². The predicted octanol–water partition coefficient (Wildman–Crippen LogP) is 6.96. The van der Waals surface area contributed by atoms with Crippen molar-refractivity contribution in [1.29, 1.82) is 0 Å². The van der Waals surface area contributed by atoms with Gasteiger partial charge in [0.2, 0.25) is 0 Å². The number of allylic oxidation sites excluding steroid dienone is 6. The molecule has 3 heteroatoms. The van der Waals surface area contributed by atoms with Crippen molar-refractivity contribution in [2.24, 2.45) is 5.41 Å². The highest BCUT2D eigenvalue weighted by molar-refractivity contribution is 6.74. The fourth-order valence-corrected chi connectivity index (χ4v) is 4.02. The lowest BCUT2D eigenvalue weighted by atomic mass is 9.71. The molecule has 0 radical (unpaired) electrons. The highest BCUT2D eigenvalue weighted by Gasteiger charge is 2.36. The molecule has 0 amide bonds. The topological polar surface area (TPSA) is 29.5 Å². The zero-order valence-electron chi connectivity index (χ0n) is 20.4. The Balaban J connectivity index is 2.76. The predicted molar refractivity (Wildman–Crippen MR) is 129 cm³/mol. The van der Waals surface area contributed by atoms with Crippen LogP contribution in [-0.2, 0) is 4.43 Å². The molecule has 1 rings (SSSR count). The fraction of sp³-hybridized carbons (Fsp3) is 0.615. The van der Waals surface area contributed by atoms with Crippen LogP contribution >= 0.6 is 0 Å². The van der Waals surface area contributed by atoms with E-state index < -0.39 is 8.32 Å². The molecule has 0 saturated carbocycles. The van der Waals surface area contributed by atoms with Crippen molar-refractivity contribution in [3.63, 3.8) is 0 Å². The van der Waals surface area contributed by atoms with Crippen LogP contribution in [0.1, 0.15) is 68.2 Å². The van der Waals surface area contributed by atoms with Crippen LogP contribution in [0.5, 0.6) is 0 Å². The monoisotopic (exact) mass is 414 g/mol. The van der Waals surface area contributed by atoms with E-state index in [1.165, 1.54) is 5.57 Å². The lowest BCUT2D eigenvalue weighted by Gasteiger charge is -2.35. The molecule has 0 aliphatic heterocycles. The van der Waals surface area contributed by atoms with E-state index in [4.69, 9.17) is 4.43 Å². The molecule has 0 bridgehead atoms. The highest BCUT2D eigenvalue weighted by atomic mass is 28.4. The summed E-state index contributed by atoms with van der Waals surface area (Å²) >= 11 is 0. The number of hydrogen-bond donors (Lipinski definition) is 1. The summed E-state index contributed by atoms with van der Waals surface area (Å²) in [5.74, 6) is 6.34. The molecule has 29 heavy (non-hydrogen) atoms. The summed E-state index contributed by atoms with van der Waals surface area (Å²) in [6.45, 7) is 22.6. The van der Waals surface area contributed by atoms with Crippen molar-refractivity contribution in [3.05, 3.63) is 46.6 Å². The van der Waals surface area contributed by atoms with E-state index in [0.29, 0.717) is 6.61 Å². The van der Waals surface area contributed by atoms with Gasteiger partial charge in [0.05, 0.1) is 12.7 Å². The quantitative estimate of drug-likeness (QED) is 0.299. The minimum Gasteiger partial charge on any atom is -0.413 e. The minimum atomic E-state index is -1.71. The standard InChI is InChI=1S/C26H42O2Si/c1-20(14-15-23-22(3)24(27)16-18-26(23,7)8)12-11-13-21(2)17-19-28-29(9,10)25(4,5)6/h12,14-15,17,24,27H,16,18-19H2,1-10H3/b15-14+,20-12+,21-17+. The third kappa shape index (κ3) is 7.77. The van der Waals surface area contributed by atoms with Gasteiger partial charge >= 0.3 is 0 Å². The normalized spacial score (nSPS) is 21.4. The van der Waals surface area contributed by atoms with Crippen LogP contribution in [0.15, 0.2) is 46.6 Å². The number of hydrogen-bond acceptors (Lipinski definition) is 2. The first-order valence-electron chi connectivity index (χ1n) is 10.7. The smallest absolute Gasteiger partial charge is 0.192 e. The summed E-state index contributed by atoms with van der Waals surface area (Å²) in [6, 6.07) is 0. The van der Waals surface area contributed by atoms with Crippen LogP contribution in [0.2, 0.25) is 18.1 Å². The van der Waals surface area contributed by atoms with E-state index in [1.54, 1.807) is 0 Å². The van der Waals surface area contributed by atoms with Crippen LogP contribution in [-0.4, -0.2) is 26.1 Å². The Morgan fingerprint density at radius 1 is 1.28 bits per heavy atom. The van der Waals surface area contributed by atoms with Gasteiger partial charge in [-0.3, -0.25) is 0 Å². The third-order valence-corrected chi connectivity index (χ3v) is 10.9. The maximum absolute atomic E-state index is 10.2. The summed E-state index contributed by atoms with van der Waals surface area (Å²) in [6.07, 6.45) is 9.83. The summed E-state index contributed by atoms with van der Waals surface area (Å²) in [4.78, 5) is 0. The van der Waals surface area contributed by atoms with E-state index in [1.807, 2.05) is 19.9 Å². The molecule has 0 heterocycles. The molecular weight excluding hydrogens is 372 g/mol. The Labute approximate surface area is 181 Å². The molecule has 162 valence electrons. The van der Waals surface area contributed by atoms with Gasteiger partial charge in [0.25, 0.3) is 0 Å². The first-order valence-corrected chi connectivity index (χ1v) is 13.6. The van der Waals surface area contributed by atoms with Crippen LogP contribution in [0.3, 0.4) is 0 Å². The number of aliphatic hydroxyl groups excluding tert-OH is 1. The Hall–Kier alpha value is -1.34. The molecule has 0 aromatic carbocycles. The maximum atomic E-state index is 10.2. The van der Waals surface area contributed by atoms with Gasteiger partial charge in [0.1, 0.15) is 0 Å². The van der Waals surface area contributed by atoms with Gasteiger partial charge in [-0.25, -0.2) is 0 Å². The average Bonchev–Trinajstić information content (AvgIpc) is 2.57. The molecule has 0 saturated heterocycles. The third-order valence-electron chi connectivity index (χ3n) is 6.42. The van der Waals surface area contributed by atoms with E-state index in [-0.39, 0.29) is 16.6 Å². The molecule has 0 spiro atoms. The van der Waals surface area contributed by atoms with Gasteiger partial charge in [-0.1, -0.05) is 58.6 Å². The number of aliphatic hydroxyl groups is 1. The zero-order chi connectivity index (χ0) is 22.5. The largest absolute Gasteiger partial charge is 0.413 e. The van der Waals surface area contributed by atoms with Crippen molar-refractivity contribution < 1.29 is 9.53 Å². The van der Waals surface area contributed by atoms with E-state index >= 15 is 0 Å². The van der Waals surface area contributed by atoms with Crippen LogP contribution < -0.4 is 0 Å². The molecule has 1 unspecified atom stereocenters. The summed E-state index contributed by atoms with van der Waals surface area (Å²) < 4.78 is 6.18. The molecule has 0 aromatic rings. The lowest BCUT2D eigenvalue weighted by Crippen LogP contribution is -2.40. The van der Waals surface area contributed by atoms with Crippen LogP contribution in [0.25, 0.3) is 0 Å². The van der Waals surface area contributed by atoms with E-state index in [2.05, 4.69) is 84.7 Å². The van der Waals surface area contributed by atoms with Crippen molar-refractivity contribution >= 4 is 8.32 Å². The van der Waals surface area contributed by atoms with Gasteiger partial charge in [-0.2, -0.15) is 0 Å². The fourth-order valence-electron chi connectivity index (χ4n) is 3.09. The first-order chi connectivity index (χ1) is 13.2. The van der Waals surface area contributed by atoms with Gasteiger partial charge in [-0.05, 0) is 91.6 Å². The Kier molecular flexibility index (Phi) is 8.96. The van der Waals surface area contributed by atoms with Gasteiger partial charge in [0.15, 0.2) is 8.32 Å². The van der Waals surface area contributed by atoms with Gasteiger partial charge in [-0.15, -0.1) is 0 Å². The van der Waals surface area contributed by atoms with Crippen molar-refractivity contribution in [2.75, 3.05) is 6.61 Å². The van der Waals surface area contributed by atoms with E-state index in [0.717, 1.165) is 29.6 Å². The Morgan fingerprint density at radius 2 is 1.90 bits per heavy atom. The second kappa shape index (κ2) is 10.1. The molecular formula is C26H42O2Si. The highest BCUT2D eigenvalue weighted by Crippen LogP contribution is 2.41. The van der Waals surface area contributed by atoms with E-state index in [9.17, 15) is 5.11 Å². The molecule has 0 aromatic heterocycles. The molecule has 1 aliphatic carbocycles. The second-order valence-corrected chi connectivity index (χ2v) is 15.3. The SMILES string of the molecule is CC1=C(/C=C/C(C)=C/C#C/C(C)=C/CO[Si](C)(C)C(C)(C)C)C(C)(C)CCC1O. The second-order valence-electron chi connectivity index (χ2n) is 10.5. The summed E-state index contributed by atoms with van der Waals surface area (Å²) in [7, 11) is -1.71. The molecule has 1 atom stereocenters. The molecule has 1 N–H and O–H groups in total. The van der Waals surface area contributed by atoms with Crippen LogP contribution in [0.4, 0.5) is 0 Å². The first kappa shape index (κ1) is 25.7. The molecule has 2 nitrogen and oxygen atoms in total. The number of rotatable bonds is 5. The molecule has 1 aliphatic rings. The average molecular weight is 415 g/mol. The molecule has 0 fully saturated rings. The summed E-state index contributed by atoms with van der Waals surface area (Å²) in [5, 5.41) is 10.4. The van der Waals surface area contributed by atoms with Gasteiger partial charge < -0.3 is 9.53 Å². The lowest BCUT2D eigenvalue weighted by molar-refractivity contribution is 0.163. The van der Waals surface area contributed by atoms with Gasteiger partial charge in [0, 0.05) is 0 Å².